The third kappa shape index (κ3) is 3.54. The van der Waals surface area contributed by atoms with E-state index in [9.17, 15) is 9.59 Å². The van der Waals surface area contributed by atoms with Crippen molar-refractivity contribution < 1.29 is 19.1 Å². The first-order valence-electron chi connectivity index (χ1n) is 10.4. The second kappa shape index (κ2) is 8.51. The number of methoxy groups -OCH3 is 1. The second-order valence-corrected chi connectivity index (χ2v) is 8.46. The number of anilines is 1. The van der Waals surface area contributed by atoms with E-state index in [4.69, 9.17) is 9.47 Å². The zero-order valence-corrected chi connectivity index (χ0v) is 18.4. The van der Waals surface area contributed by atoms with Crippen LogP contribution in [0.15, 0.2) is 71.7 Å². The van der Waals surface area contributed by atoms with E-state index >= 15 is 0 Å². The van der Waals surface area contributed by atoms with Crippen LogP contribution < -0.4 is 14.4 Å². The number of imide groups is 1. The molecule has 32 heavy (non-hydrogen) atoms. The number of hydrogen-bond acceptors (Lipinski definition) is 6. The minimum atomic E-state index is -0.270. The maximum Gasteiger partial charge on any atom is 0.278 e. The summed E-state index contributed by atoms with van der Waals surface area (Å²) in [5, 5.41) is 1.92. The molecule has 0 aliphatic carbocycles. The van der Waals surface area contributed by atoms with Crippen molar-refractivity contribution in [1.82, 2.24) is 4.90 Å². The van der Waals surface area contributed by atoms with Crippen LogP contribution in [-0.4, -0.2) is 43.5 Å². The van der Waals surface area contributed by atoms with E-state index in [0.29, 0.717) is 23.6 Å². The summed E-state index contributed by atoms with van der Waals surface area (Å²) in [6.07, 6.45) is 0.847. The molecular weight excluding hydrogens is 424 g/mol. The normalized spacial score (nSPS) is 15.5. The first-order chi connectivity index (χ1) is 15.7. The molecule has 0 bridgehead atoms. The number of thiophene rings is 1. The number of benzene rings is 2. The third-order valence-corrected chi connectivity index (χ3v) is 6.60. The average molecular weight is 447 g/mol. The molecule has 6 nitrogen and oxygen atoms in total. The lowest BCUT2D eigenvalue weighted by molar-refractivity contribution is -0.137. The first-order valence-corrected chi connectivity index (χ1v) is 11.3. The Kier molecular flexibility index (Phi) is 5.41. The van der Waals surface area contributed by atoms with Crippen molar-refractivity contribution in [3.8, 4) is 11.5 Å². The quantitative estimate of drug-likeness (QED) is 0.514. The van der Waals surface area contributed by atoms with Crippen LogP contribution >= 0.6 is 11.3 Å². The van der Waals surface area contributed by atoms with E-state index < -0.39 is 0 Å². The van der Waals surface area contributed by atoms with Gasteiger partial charge in [0.05, 0.1) is 19.2 Å². The molecule has 2 aliphatic heterocycles. The van der Waals surface area contributed by atoms with Crippen LogP contribution in [0.4, 0.5) is 5.69 Å². The second-order valence-electron chi connectivity index (χ2n) is 7.52. The van der Waals surface area contributed by atoms with Crippen molar-refractivity contribution in [1.29, 1.82) is 0 Å². The first kappa shape index (κ1) is 20.3. The largest absolute Gasteiger partial charge is 0.497 e. The fourth-order valence-electron chi connectivity index (χ4n) is 4.16. The lowest BCUT2D eigenvalue weighted by Crippen LogP contribution is -2.37. The van der Waals surface area contributed by atoms with Crippen molar-refractivity contribution in [3.63, 3.8) is 0 Å². The summed E-state index contributed by atoms with van der Waals surface area (Å²) in [5.74, 6) is 0.858. The Hall–Kier alpha value is -3.58. The van der Waals surface area contributed by atoms with Crippen LogP contribution in [0.25, 0.3) is 5.57 Å². The van der Waals surface area contributed by atoms with Crippen LogP contribution in [0.2, 0.25) is 0 Å². The Balaban J connectivity index is 1.39. The Morgan fingerprint density at radius 2 is 1.72 bits per heavy atom. The van der Waals surface area contributed by atoms with Crippen LogP contribution in [0.3, 0.4) is 0 Å². The standard InChI is InChI=1S/C25H22N2O4S/c1-30-18-8-10-19(11-9-18)31-15-14-27-24(28)22(21-7-4-16-32-21)23(25(27)29)26-13-12-17-5-2-3-6-20(17)26/h2-11,16H,12-15H2,1H3. The van der Waals surface area contributed by atoms with Gasteiger partial charge in [0.25, 0.3) is 11.8 Å². The fraction of sp³-hybridized carbons (Fsp3) is 0.200. The fourth-order valence-corrected chi connectivity index (χ4v) is 4.92. The molecule has 2 amide bonds. The predicted octanol–water partition coefficient (Wildman–Crippen LogP) is 3.98. The van der Waals surface area contributed by atoms with Crippen LogP contribution in [0.1, 0.15) is 10.4 Å². The number of ether oxygens (including phenoxy) is 2. The summed E-state index contributed by atoms with van der Waals surface area (Å²) < 4.78 is 10.9. The van der Waals surface area contributed by atoms with Gasteiger partial charge in [0.2, 0.25) is 0 Å². The highest BCUT2D eigenvalue weighted by Gasteiger charge is 2.43. The van der Waals surface area contributed by atoms with Gasteiger partial charge in [-0.2, -0.15) is 0 Å². The van der Waals surface area contributed by atoms with Crippen molar-refractivity contribution in [2.75, 3.05) is 31.7 Å². The molecule has 162 valence electrons. The molecule has 5 rings (SSSR count). The Labute approximate surface area is 190 Å². The molecule has 0 spiro atoms. The summed E-state index contributed by atoms with van der Waals surface area (Å²) in [4.78, 5) is 31.0. The van der Waals surface area contributed by atoms with Gasteiger partial charge in [-0.3, -0.25) is 14.5 Å². The molecule has 7 heteroatoms. The van der Waals surface area contributed by atoms with E-state index in [-0.39, 0.29) is 25.0 Å². The number of amides is 2. The molecule has 0 saturated carbocycles. The summed E-state index contributed by atoms with van der Waals surface area (Å²) in [6.45, 7) is 1.07. The zero-order valence-electron chi connectivity index (χ0n) is 17.6. The summed E-state index contributed by atoms with van der Waals surface area (Å²) in [7, 11) is 1.61. The number of carbonyl (C=O) groups is 2. The Morgan fingerprint density at radius 3 is 2.47 bits per heavy atom. The molecule has 0 radical (unpaired) electrons. The number of fused-ring (bicyclic) bond motifs is 1. The van der Waals surface area contributed by atoms with Crippen LogP contribution in [-0.2, 0) is 16.0 Å². The third-order valence-electron chi connectivity index (χ3n) is 5.71. The highest BCUT2D eigenvalue weighted by atomic mass is 32.1. The number of hydrogen-bond donors (Lipinski definition) is 0. The summed E-state index contributed by atoms with van der Waals surface area (Å²) in [5.41, 5.74) is 3.12. The highest BCUT2D eigenvalue weighted by molar-refractivity contribution is 7.11. The molecule has 0 atom stereocenters. The highest BCUT2D eigenvalue weighted by Crippen LogP contribution is 2.39. The van der Waals surface area contributed by atoms with Gasteiger partial charge in [-0.15, -0.1) is 11.3 Å². The minimum Gasteiger partial charge on any atom is -0.497 e. The molecule has 1 aromatic heterocycles. The van der Waals surface area contributed by atoms with Crippen molar-refractivity contribution >= 4 is 34.4 Å². The number of carbonyl (C=O) groups excluding carboxylic acids is 2. The molecule has 3 aromatic rings. The van der Waals surface area contributed by atoms with E-state index in [1.165, 1.54) is 21.8 Å². The lowest BCUT2D eigenvalue weighted by atomic mass is 10.1. The number of para-hydroxylation sites is 1. The van der Waals surface area contributed by atoms with Crippen molar-refractivity contribution in [3.05, 3.63) is 82.2 Å². The molecule has 0 N–H and O–H groups in total. The van der Waals surface area contributed by atoms with Crippen LogP contribution in [0.5, 0.6) is 11.5 Å². The smallest absolute Gasteiger partial charge is 0.278 e. The van der Waals surface area contributed by atoms with E-state index in [1.54, 1.807) is 31.4 Å². The maximum atomic E-state index is 13.5. The molecular formula is C25H22N2O4S. The molecule has 2 aliphatic rings. The SMILES string of the molecule is COc1ccc(OCCN2C(=O)C(c3cccs3)=C(N3CCc4ccccc43)C2=O)cc1. The summed E-state index contributed by atoms with van der Waals surface area (Å²) in [6, 6.07) is 19.0. The molecule has 0 saturated heterocycles. The number of rotatable bonds is 7. The van der Waals surface area contributed by atoms with Gasteiger partial charge in [0, 0.05) is 17.1 Å². The van der Waals surface area contributed by atoms with Gasteiger partial charge in [-0.25, -0.2) is 0 Å². The van der Waals surface area contributed by atoms with Gasteiger partial charge in [-0.05, 0) is 53.8 Å². The molecule has 3 heterocycles. The van der Waals surface area contributed by atoms with Gasteiger partial charge < -0.3 is 14.4 Å². The van der Waals surface area contributed by atoms with Gasteiger partial charge in [-0.1, -0.05) is 24.3 Å². The van der Waals surface area contributed by atoms with Gasteiger partial charge in [0.1, 0.15) is 23.8 Å². The van der Waals surface area contributed by atoms with Crippen LogP contribution in [0, 0.1) is 0 Å². The predicted molar refractivity (Wildman–Crippen MR) is 124 cm³/mol. The summed E-state index contributed by atoms with van der Waals surface area (Å²) >= 11 is 1.47. The average Bonchev–Trinajstić information content (AvgIpc) is 3.54. The Bertz CT molecular complexity index is 1180. The molecule has 0 unspecified atom stereocenters. The van der Waals surface area contributed by atoms with E-state index in [0.717, 1.165) is 22.7 Å². The molecule has 2 aromatic carbocycles. The van der Waals surface area contributed by atoms with Gasteiger partial charge >= 0.3 is 0 Å². The van der Waals surface area contributed by atoms with Gasteiger partial charge in [0.15, 0.2) is 0 Å². The maximum absolute atomic E-state index is 13.5. The van der Waals surface area contributed by atoms with E-state index in [2.05, 4.69) is 6.07 Å². The van der Waals surface area contributed by atoms with E-state index in [1.807, 2.05) is 40.6 Å². The Morgan fingerprint density at radius 1 is 0.938 bits per heavy atom. The van der Waals surface area contributed by atoms with Crippen molar-refractivity contribution in [2.45, 2.75) is 6.42 Å². The van der Waals surface area contributed by atoms with Crippen molar-refractivity contribution in [2.24, 2.45) is 0 Å². The number of nitrogens with zero attached hydrogens (tertiary/aromatic N) is 2. The zero-order chi connectivity index (χ0) is 22.1. The molecule has 0 fully saturated rings. The lowest BCUT2D eigenvalue weighted by Gasteiger charge is -2.21. The topological polar surface area (TPSA) is 59.1 Å². The minimum absolute atomic E-state index is 0.178. The monoisotopic (exact) mass is 446 g/mol.